The molecule has 3 N–H and O–H groups in total. The van der Waals surface area contributed by atoms with Crippen LogP contribution in [-0.2, 0) is 11.2 Å². The number of nitrogens with zero attached hydrogens (tertiary/aromatic N) is 3. The summed E-state index contributed by atoms with van der Waals surface area (Å²) in [5, 5.41) is 3.28. The van der Waals surface area contributed by atoms with E-state index in [1.165, 1.54) is 0 Å². The van der Waals surface area contributed by atoms with Gasteiger partial charge in [-0.2, -0.15) is 0 Å². The average Bonchev–Trinajstić information content (AvgIpc) is 2.47. The van der Waals surface area contributed by atoms with Crippen LogP contribution in [0.1, 0.15) is 32.3 Å². The Bertz CT molecular complexity index is 469. The van der Waals surface area contributed by atoms with Crippen molar-refractivity contribution in [1.82, 2.24) is 9.97 Å². The van der Waals surface area contributed by atoms with Gasteiger partial charge in [0.15, 0.2) is 0 Å². The summed E-state index contributed by atoms with van der Waals surface area (Å²) < 4.78 is 0. The predicted molar refractivity (Wildman–Crippen MR) is 79.7 cm³/mol. The Labute approximate surface area is 119 Å². The SMILES string of the molecule is CCNc1ncnc(N2CCC(C(N)=O)CC2)c1CC. The molecule has 0 bridgehead atoms. The zero-order valence-electron chi connectivity index (χ0n) is 12.2. The second-order valence-corrected chi connectivity index (χ2v) is 5.07. The van der Waals surface area contributed by atoms with Gasteiger partial charge in [0.25, 0.3) is 0 Å². The lowest BCUT2D eigenvalue weighted by molar-refractivity contribution is -0.122. The van der Waals surface area contributed by atoms with Gasteiger partial charge >= 0.3 is 0 Å². The first kappa shape index (κ1) is 14.6. The minimum atomic E-state index is -0.184. The number of carbonyl (C=O) groups is 1. The third-order valence-electron chi connectivity index (χ3n) is 3.82. The molecule has 1 aliphatic rings. The third-order valence-corrected chi connectivity index (χ3v) is 3.82. The first-order chi connectivity index (χ1) is 9.67. The van der Waals surface area contributed by atoms with Gasteiger partial charge in [-0.15, -0.1) is 0 Å². The Morgan fingerprint density at radius 1 is 1.40 bits per heavy atom. The lowest BCUT2D eigenvalue weighted by Crippen LogP contribution is -2.39. The lowest BCUT2D eigenvalue weighted by atomic mass is 9.96. The maximum absolute atomic E-state index is 11.2. The second-order valence-electron chi connectivity index (χ2n) is 5.07. The molecule has 0 unspecified atom stereocenters. The first-order valence-electron chi connectivity index (χ1n) is 7.29. The van der Waals surface area contributed by atoms with Crippen molar-refractivity contribution in [2.75, 3.05) is 29.9 Å². The molecule has 0 aromatic carbocycles. The molecule has 2 rings (SSSR count). The summed E-state index contributed by atoms with van der Waals surface area (Å²) in [5.74, 6) is 1.72. The summed E-state index contributed by atoms with van der Waals surface area (Å²) in [4.78, 5) is 22.2. The lowest BCUT2D eigenvalue weighted by Gasteiger charge is -2.32. The van der Waals surface area contributed by atoms with Gasteiger partial charge in [0.05, 0.1) is 0 Å². The number of nitrogens with one attached hydrogen (secondary N) is 1. The van der Waals surface area contributed by atoms with Crippen LogP contribution < -0.4 is 16.0 Å². The van der Waals surface area contributed by atoms with Crippen LogP contribution in [0.5, 0.6) is 0 Å². The van der Waals surface area contributed by atoms with Crippen molar-refractivity contribution in [3.8, 4) is 0 Å². The zero-order valence-corrected chi connectivity index (χ0v) is 12.2. The molecule has 110 valence electrons. The first-order valence-corrected chi connectivity index (χ1v) is 7.29. The Balaban J connectivity index is 2.17. The number of hydrogen-bond donors (Lipinski definition) is 2. The minimum Gasteiger partial charge on any atom is -0.370 e. The van der Waals surface area contributed by atoms with Crippen LogP contribution in [0.3, 0.4) is 0 Å². The quantitative estimate of drug-likeness (QED) is 0.844. The van der Waals surface area contributed by atoms with Crippen molar-refractivity contribution in [2.45, 2.75) is 33.1 Å². The van der Waals surface area contributed by atoms with Crippen LogP contribution in [0.15, 0.2) is 6.33 Å². The summed E-state index contributed by atoms with van der Waals surface area (Å²) in [6.45, 7) is 6.65. The molecular weight excluding hydrogens is 254 g/mol. The van der Waals surface area contributed by atoms with Crippen LogP contribution in [0, 0.1) is 5.92 Å². The summed E-state index contributed by atoms with van der Waals surface area (Å²) >= 11 is 0. The molecule has 0 saturated carbocycles. The van der Waals surface area contributed by atoms with Gasteiger partial charge in [-0.25, -0.2) is 9.97 Å². The Morgan fingerprint density at radius 2 is 2.10 bits per heavy atom. The molecule has 1 aliphatic heterocycles. The van der Waals surface area contributed by atoms with Gasteiger partial charge in [-0.3, -0.25) is 4.79 Å². The van der Waals surface area contributed by atoms with Crippen molar-refractivity contribution >= 4 is 17.5 Å². The average molecular weight is 277 g/mol. The summed E-state index contributed by atoms with van der Waals surface area (Å²) in [6.07, 6.45) is 4.10. The van der Waals surface area contributed by atoms with Crippen LogP contribution in [-0.4, -0.2) is 35.5 Å². The van der Waals surface area contributed by atoms with Gasteiger partial charge in [0, 0.05) is 31.1 Å². The van der Waals surface area contributed by atoms with Crippen LogP contribution in [0.2, 0.25) is 0 Å². The molecule has 0 radical (unpaired) electrons. The monoisotopic (exact) mass is 277 g/mol. The number of piperidine rings is 1. The van der Waals surface area contributed by atoms with Crippen molar-refractivity contribution < 1.29 is 4.79 Å². The number of rotatable bonds is 5. The second kappa shape index (κ2) is 6.54. The van der Waals surface area contributed by atoms with Crippen molar-refractivity contribution in [3.63, 3.8) is 0 Å². The maximum Gasteiger partial charge on any atom is 0.220 e. The molecule has 6 nitrogen and oxygen atoms in total. The standard InChI is InChI=1S/C14H23N5O/c1-3-11-13(16-4-2)17-9-18-14(11)19-7-5-10(6-8-19)12(15)20/h9-10H,3-8H2,1-2H3,(H2,15,20)(H,16,17,18). The van der Waals surface area contributed by atoms with E-state index in [0.29, 0.717) is 0 Å². The van der Waals surface area contributed by atoms with Crippen LogP contribution in [0.25, 0.3) is 0 Å². The highest BCUT2D eigenvalue weighted by molar-refractivity contribution is 5.77. The van der Waals surface area contributed by atoms with E-state index in [4.69, 9.17) is 5.73 Å². The highest BCUT2D eigenvalue weighted by Gasteiger charge is 2.25. The molecule has 1 amide bonds. The number of nitrogens with two attached hydrogens (primary N) is 1. The number of amides is 1. The number of hydrogen-bond acceptors (Lipinski definition) is 5. The van der Waals surface area contributed by atoms with Gasteiger partial charge in [0.2, 0.25) is 5.91 Å². The smallest absolute Gasteiger partial charge is 0.220 e. The fraction of sp³-hybridized carbons (Fsp3) is 0.643. The fourth-order valence-corrected chi connectivity index (χ4v) is 2.70. The molecule has 1 aromatic rings. The van der Waals surface area contributed by atoms with E-state index in [-0.39, 0.29) is 11.8 Å². The van der Waals surface area contributed by atoms with Crippen molar-refractivity contribution in [3.05, 3.63) is 11.9 Å². The van der Waals surface area contributed by atoms with Gasteiger partial charge < -0.3 is 16.0 Å². The molecule has 1 saturated heterocycles. The molecule has 20 heavy (non-hydrogen) atoms. The topological polar surface area (TPSA) is 84.1 Å². The Morgan fingerprint density at radius 3 is 2.65 bits per heavy atom. The fourth-order valence-electron chi connectivity index (χ4n) is 2.70. The normalized spacial score (nSPS) is 16.2. The highest BCUT2D eigenvalue weighted by atomic mass is 16.1. The number of primary amides is 1. The van der Waals surface area contributed by atoms with E-state index in [9.17, 15) is 4.79 Å². The van der Waals surface area contributed by atoms with E-state index in [0.717, 1.165) is 56.1 Å². The molecule has 1 aromatic heterocycles. The minimum absolute atomic E-state index is 0.00593. The number of aromatic nitrogens is 2. The van der Waals surface area contributed by atoms with Crippen LogP contribution in [0.4, 0.5) is 11.6 Å². The summed E-state index contributed by atoms with van der Waals surface area (Å²) in [7, 11) is 0. The molecule has 0 aliphatic carbocycles. The van der Waals surface area contributed by atoms with Gasteiger partial charge in [-0.05, 0) is 26.2 Å². The highest BCUT2D eigenvalue weighted by Crippen LogP contribution is 2.27. The van der Waals surface area contributed by atoms with Crippen LogP contribution >= 0.6 is 0 Å². The maximum atomic E-state index is 11.2. The summed E-state index contributed by atoms with van der Waals surface area (Å²) in [5.41, 5.74) is 6.52. The Kier molecular flexibility index (Phi) is 4.76. The third kappa shape index (κ3) is 3.00. The number of carbonyl (C=O) groups excluding carboxylic acids is 1. The van der Waals surface area contributed by atoms with Gasteiger partial charge in [-0.1, -0.05) is 6.92 Å². The molecular formula is C14H23N5O. The Hall–Kier alpha value is -1.85. The molecule has 6 heteroatoms. The van der Waals surface area contributed by atoms with Crippen molar-refractivity contribution in [1.29, 1.82) is 0 Å². The largest absolute Gasteiger partial charge is 0.370 e. The van der Waals surface area contributed by atoms with E-state index >= 15 is 0 Å². The zero-order chi connectivity index (χ0) is 14.5. The van der Waals surface area contributed by atoms with Crippen molar-refractivity contribution in [2.24, 2.45) is 11.7 Å². The molecule has 2 heterocycles. The molecule has 0 spiro atoms. The molecule has 1 fully saturated rings. The summed E-state index contributed by atoms with van der Waals surface area (Å²) in [6, 6.07) is 0. The number of anilines is 2. The van der Waals surface area contributed by atoms with Gasteiger partial charge in [0.1, 0.15) is 18.0 Å². The van der Waals surface area contributed by atoms with E-state index < -0.39 is 0 Å². The predicted octanol–water partition coefficient (Wildman–Crippen LogP) is 1.17. The van der Waals surface area contributed by atoms with E-state index in [1.54, 1.807) is 6.33 Å². The van der Waals surface area contributed by atoms with E-state index in [1.807, 2.05) is 0 Å². The molecule has 0 atom stereocenters. The van der Waals surface area contributed by atoms with E-state index in [2.05, 4.69) is 34.0 Å².